The van der Waals surface area contributed by atoms with Crippen LogP contribution in [-0.2, 0) is 4.79 Å². The lowest BCUT2D eigenvalue weighted by Crippen LogP contribution is -2.30. The molecule has 4 nitrogen and oxygen atoms in total. The molecule has 19 heavy (non-hydrogen) atoms. The van der Waals surface area contributed by atoms with Crippen molar-refractivity contribution in [3.63, 3.8) is 0 Å². The van der Waals surface area contributed by atoms with Gasteiger partial charge in [0.1, 0.15) is 5.75 Å². The van der Waals surface area contributed by atoms with Crippen molar-refractivity contribution in [1.29, 1.82) is 0 Å². The van der Waals surface area contributed by atoms with Gasteiger partial charge in [0.2, 0.25) is 5.91 Å². The fourth-order valence-corrected chi connectivity index (χ4v) is 2.42. The van der Waals surface area contributed by atoms with Crippen LogP contribution in [0, 0.1) is 12.8 Å². The summed E-state index contributed by atoms with van der Waals surface area (Å²) in [5.41, 5.74) is 1.47. The minimum absolute atomic E-state index is 0.0221. The van der Waals surface area contributed by atoms with Crippen molar-refractivity contribution in [2.75, 3.05) is 18.4 Å². The van der Waals surface area contributed by atoms with Crippen LogP contribution < -0.4 is 10.6 Å². The van der Waals surface area contributed by atoms with E-state index in [0.29, 0.717) is 18.0 Å². The highest BCUT2D eigenvalue weighted by atomic mass is 16.3. The number of benzene rings is 1. The van der Waals surface area contributed by atoms with Crippen LogP contribution >= 0.6 is 0 Å². The van der Waals surface area contributed by atoms with Crippen molar-refractivity contribution < 1.29 is 9.90 Å². The maximum Gasteiger partial charge on any atom is 0.224 e. The van der Waals surface area contributed by atoms with E-state index in [1.54, 1.807) is 12.1 Å². The highest BCUT2D eigenvalue weighted by Crippen LogP contribution is 2.21. The number of phenolic OH excluding ortho intramolecular Hbond substituents is 1. The number of phenols is 1. The van der Waals surface area contributed by atoms with Crippen molar-refractivity contribution in [3.8, 4) is 5.75 Å². The summed E-state index contributed by atoms with van der Waals surface area (Å²) in [6, 6.07) is 5.21. The first-order valence-corrected chi connectivity index (χ1v) is 6.95. The van der Waals surface area contributed by atoms with Crippen LogP contribution in [0.25, 0.3) is 0 Å². The molecule has 0 aromatic heterocycles. The van der Waals surface area contributed by atoms with E-state index in [1.807, 2.05) is 13.0 Å². The summed E-state index contributed by atoms with van der Waals surface area (Å²) < 4.78 is 0. The van der Waals surface area contributed by atoms with E-state index in [1.165, 1.54) is 12.8 Å². The van der Waals surface area contributed by atoms with Gasteiger partial charge >= 0.3 is 0 Å². The normalized spacial score (nSPS) is 19.1. The molecule has 1 heterocycles. The summed E-state index contributed by atoms with van der Waals surface area (Å²) in [4.78, 5) is 11.8. The van der Waals surface area contributed by atoms with E-state index in [-0.39, 0.29) is 11.7 Å². The summed E-state index contributed by atoms with van der Waals surface area (Å²) in [6.07, 6.45) is 3.89. The predicted octanol–water partition coefficient (Wildman–Crippen LogP) is 2.42. The SMILES string of the molecule is Cc1ccc(NC(=O)CCC2CCCNC2)cc1O. The first-order valence-electron chi connectivity index (χ1n) is 6.95. The molecule has 1 aromatic carbocycles. The minimum atomic E-state index is 0.0221. The highest BCUT2D eigenvalue weighted by Gasteiger charge is 2.14. The zero-order valence-electron chi connectivity index (χ0n) is 11.4. The number of anilines is 1. The summed E-state index contributed by atoms with van der Waals surface area (Å²) in [6.45, 7) is 3.96. The number of hydrogen-bond donors (Lipinski definition) is 3. The van der Waals surface area contributed by atoms with E-state index in [0.717, 1.165) is 25.1 Å². The second-order valence-electron chi connectivity index (χ2n) is 5.30. The van der Waals surface area contributed by atoms with Gasteiger partial charge in [0.05, 0.1) is 0 Å². The Morgan fingerprint density at radius 1 is 1.53 bits per heavy atom. The lowest BCUT2D eigenvalue weighted by atomic mass is 9.94. The standard InChI is InChI=1S/C15H22N2O2/c1-11-4-6-13(9-14(11)18)17-15(19)7-5-12-3-2-8-16-10-12/h4,6,9,12,16,18H,2-3,5,7-8,10H2,1H3,(H,17,19). The summed E-state index contributed by atoms with van der Waals surface area (Å²) in [7, 11) is 0. The third-order valence-corrected chi connectivity index (χ3v) is 3.67. The van der Waals surface area contributed by atoms with Crippen molar-refractivity contribution in [2.24, 2.45) is 5.92 Å². The molecular formula is C15H22N2O2. The number of carbonyl (C=O) groups is 1. The van der Waals surface area contributed by atoms with Crippen LogP contribution in [0.4, 0.5) is 5.69 Å². The molecule has 1 saturated heterocycles. The lowest BCUT2D eigenvalue weighted by Gasteiger charge is -2.22. The van der Waals surface area contributed by atoms with Crippen LogP contribution in [0.2, 0.25) is 0 Å². The molecule has 0 saturated carbocycles. The largest absolute Gasteiger partial charge is 0.508 e. The Hall–Kier alpha value is -1.55. The molecule has 1 atom stereocenters. The van der Waals surface area contributed by atoms with Gasteiger partial charge in [-0.1, -0.05) is 6.07 Å². The van der Waals surface area contributed by atoms with Crippen molar-refractivity contribution in [1.82, 2.24) is 5.32 Å². The molecule has 2 rings (SSSR count). The van der Waals surface area contributed by atoms with E-state index < -0.39 is 0 Å². The highest BCUT2D eigenvalue weighted by molar-refractivity contribution is 5.90. The quantitative estimate of drug-likeness (QED) is 0.781. The Balaban J connectivity index is 1.78. The first-order chi connectivity index (χ1) is 9.15. The first kappa shape index (κ1) is 13.9. The fraction of sp³-hybridized carbons (Fsp3) is 0.533. The summed E-state index contributed by atoms with van der Waals surface area (Å²) in [5.74, 6) is 0.856. The van der Waals surface area contributed by atoms with Crippen LogP contribution in [0.15, 0.2) is 18.2 Å². The third-order valence-electron chi connectivity index (χ3n) is 3.67. The van der Waals surface area contributed by atoms with Gasteiger partial charge in [0.25, 0.3) is 0 Å². The Bertz CT molecular complexity index is 440. The van der Waals surface area contributed by atoms with Crippen LogP contribution in [0.3, 0.4) is 0 Å². The molecule has 0 radical (unpaired) electrons. The van der Waals surface area contributed by atoms with Crippen LogP contribution in [0.1, 0.15) is 31.2 Å². The van der Waals surface area contributed by atoms with Gasteiger partial charge in [-0.15, -0.1) is 0 Å². The van der Waals surface area contributed by atoms with E-state index in [4.69, 9.17) is 0 Å². The molecule has 1 fully saturated rings. The zero-order valence-corrected chi connectivity index (χ0v) is 11.4. The summed E-state index contributed by atoms with van der Waals surface area (Å²) >= 11 is 0. The number of aryl methyl sites for hydroxylation is 1. The van der Waals surface area contributed by atoms with E-state index in [9.17, 15) is 9.90 Å². The number of aromatic hydroxyl groups is 1. The molecule has 1 aliphatic heterocycles. The van der Waals surface area contributed by atoms with Crippen LogP contribution in [0.5, 0.6) is 5.75 Å². The third kappa shape index (κ3) is 4.24. The molecule has 4 heteroatoms. The number of piperidine rings is 1. The smallest absolute Gasteiger partial charge is 0.224 e. The molecule has 1 amide bonds. The molecule has 1 aliphatic rings. The van der Waals surface area contributed by atoms with Crippen LogP contribution in [-0.4, -0.2) is 24.1 Å². The predicted molar refractivity (Wildman–Crippen MR) is 76.3 cm³/mol. The average Bonchev–Trinajstić information content (AvgIpc) is 2.42. The number of hydrogen-bond acceptors (Lipinski definition) is 3. The fourth-order valence-electron chi connectivity index (χ4n) is 2.42. The number of amides is 1. The second-order valence-corrected chi connectivity index (χ2v) is 5.30. The molecule has 3 N–H and O–H groups in total. The number of nitrogens with one attached hydrogen (secondary N) is 2. The van der Waals surface area contributed by atoms with E-state index >= 15 is 0 Å². The van der Waals surface area contributed by atoms with Gasteiger partial charge in [-0.2, -0.15) is 0 Å². The monoisotopic (exact) mass is 262 g/mol. The molecule has 1 aromatic rings. The van der Waals surface area contributed by atoms with Crippen molar-refractivity contribution in [2.45, 2.75) is 32.6 Å². The maximum atomic E-state index is 11.8. The summed E-state index contributed by atoms with van der Waals surface area (Å²) in [5, 5.41) is 15.8. The molecular weight excluding hydrogens is 240 g/mol. The van der Waals surface area contributed by atoms with Gasteiger partial charge in [-0.3, -0.25) is 4.79 Å². The minimum Gasteiger partial charge on any atom is -0.508 e. The molecule has 1 unspecified atom stereocenters. The number of rotatable bonds is 4. The zero-order chi connectivity index (χ0) is 13.7. The van der Waals surface area contributed by atoms with Crippen molar-refractivity contribution >= 4 is 11.6 Å². The topological polar surface area (TPSA) is 61.4 Å². The molecule has 0 bridgehead atoms. The molecule has 104 valence electrons. The Kier molecular flexibility index (Phi) is 4.80. The Morgan fingerprint density at radius 2 is 2.37 bits per heavy atom. The Morgan fingerprint density at radius 3 is 3.05 bits per heavy atom. The van der Waals surface area contributed by atoms with Gasteiger partial charge in [0.15, 0.2) is 0 Å². The second kappa shape index (κ2) is 6.57. The lowest BCUT2D eigenvalue weighted by molar-refractivity contribution is -0.116. The number of carbonyl (C=O) groups excluding carboxylic acids is 1. The van der Waals surface area contributed by atoms with Gasteiger partial charge in [-0.25, -0.2) is 0 Å². The van der Waals surface area contributed by atoms with E-state index in [2.05, 4.69) is 10.6 Å². The Labute approximate surface area is 114 Å². The van der Waals surface area contributed by atoms with Gasteiger partial charge < -0.3 is 15.7 Å². The van der Waals surface area contributed by atoms with Crippen molar-refractivity contribution in [3.05, 3.63) is 23.8 Å². The molecule has 0 spiro atoms. The van der Waals surface area contributed by atoms with Gasteiger partial charge in [0, 0.05) is 18.2 Å². The molecule has 0 aliphatic carbocycles. The van der Waals surface area contributed by atoms with Gasteiger partial charge in [-0.05, 0) is 56.8 Å². The average molecular weight is 262 g/mol. The maximum absolute atomic E-state index is 11.8.